The number of carbonyl (C=O) groups is 4. The van der Waals surface area contributed by atoms with E-state index in [-0.39, 0.29) is 25.7 Å². The molecule has 0 aromatic rings. The standard InChI is InChI=1S/C82H160O17P2/c1-5-9-13-17-21-25-29-32-34-36-37-38-40-42-45-49-53-57-61-65-69-82(87)99-78(73-93-80(85)67-63-59-55-51-47-44-41-39-35-33-30-26-22-18-14-10-6-2)75-97-101(90,91)95-71-76(83)70-94-100(88,89)96-74-77(72-92-79(84)66-62-58-54-50-46-28-24-20-16-12-8-4)98-81(86)68-64-60-56-52-48-43-31-27-23-19-15-11-7-3/h76-78,83H,5-75H2,1-4H3,(H,88,89)(H,90,91)/t76-,77+,78+/m0/s1. The molecule has 101 heavy (non-hydrogen) atoms. The smallest absolute Gasteiger partial charge is 0.462 e. The van der Waals surface area contributed by atoms with E-state index in [0.717, 1.165) is 89.9 Å². The SMILES string of the molecule is CCCCCCCCCCCCCCCCCCCCCCC(=O)O[C@H](COC(=O)CCCCCCCCCCCCCCCCCCC)COP(=O)(O)OC[C@@H](O)COP(=O)(O)OC[C@@H](COC(=O)CCCCCCCCCCCCC)OC(=O)CCCCCCCCCCCCCCC. The average molecular weight is 1480 g/mol. The molecule has 0 spiro atoms. The van der Waals surface area contributed by atoms with Crippen molar-refractivity contribution in [3.05, 3.63) is 0 Å². The highest BCUT2D eigenvalue weighted by Crippen LogP contribution is 2.45. The average Bonchev–Trinajstić information content (AvgIpc) is 0.952. The van der Waals surface area contributed by atoms with Crippen LogP contribution in [0.3, 0.4) is 0 Å². The summed E-state index contributed by atoms with van der Waals surface area (Å²) in [6, 6.07) is 0. The Balaban J connectivity index is 5.23. The lowest BCUT2D eigenvalue weighted by atomic mass is 10.0. The number of phosphoric ester groups is 2. The fourth-order valence-corrected chi connectivity index (χ4v) is 14.4. The minimum atomic E-state index is -4.96. The topological polar surface area (TPSA) is 237 Å². The normalized spacial score (nSPS) is 13.8. The molecule has 0 radical (unpaired) electrons. The number of ether oxygens (including phenoxy) is 4. The van der Waals surface area contributed by atoms with Crippen molar-refractivity contribution < 1.29 is 80.2 Å². The molecule has 0 aliphatic carbocycles. The third-order valence-corrected chi connectivity index (χ3v) is 21.3. The van der Waals surface area contributed by atoms with Crippen molar-refractivity contribution in [3.8, 4) is 0 Å². The molecule has 0 amide bonds. The van der Waals surface area contributed by atoms with Crippen molar-refractivity contribution in [2.75, 3.05) is 39.6 Å². The zero-order valence-corrected chi connectivity index (χ0v) is 67.7. The lowest BCUT2D eigenvalue weighted by molar-refractivity contribution is -0.161. The molecule has 17 nitrogen and oxygen atoms in total. The summed E-state index contributed by atoms with van der Waals surface area (Å²) >= 11 is 0. The van der Waals surface area contributed by atoms with E-state index >= 15 is 0 Å². The lowest BCUT2D eigenvalue weighted by Gasteiger charge is -2.21. The van der Waals surface area contributed by atoms with Gasteiger partial charge in [0.25, 0.3) is 0 Å². The maximum absolute atomic E-state index is 13.1. The van der Waals surface area contributed by atoms with E-state index in [1.54, 1.807) is 0 Å². The van der Waals surface area contributed by atoms with Crippen LogP contribution in [0.5, 0.6) is 0 Å². The van der Waals surface area contributed by atoms with Crippen molar-refractivity contribution in [1.29, 1.82) is 0 Å². The van der Waals surface area contributed by atoms with E-state index in [1.165, 1.54) is 276 Å². The van der Waals surface area contributed by atoms with Crippen molar-refractivity contribution in [3.63, 3.8) is 0 Å². The molecule has 2 unspecified atom stereocenters. The van der Waals surface area contributed by atoms with Crippen molar-refractivity contribution in [1.82, 2.24) is 0 Å². The molecule has 0 aromatic carbocycles. The Morgan fingerprint density at radius 3 is 0.584 bits per heavy atom. The fraction of sp³-hybridized carbons (Fsp3) is 0.951. The summed E-state index contributed by atoms with van der Waals surface area (Å²) in [7, 11) is -9.92. The van der Waals surface area contributed by atoms with Gasteiger partial charge < -0.3 is 33.8 Å². The van der Waals surface area contributed by atoms with Crippen molar-refractivity contribution in [2.24, 2.45) is 0 Å². The lowest BCUT2D eigenvalue weighted by Crippen LogP contribution is -2.30. The molecule has 0 fully saturated rings. The maximum Gasteiger partial charge on any atom is 0.472 e. The number of unbranched alkanes of at least 4 members (excludes halogenated alkanes) is 57. The number of carbonyl (C=O) groups excluding carboxylic acids is 4. The molecule has 0 rings (SSSR count). The molecule has 0 heterocycles. The van der Waals surface area contributed by atoms with Crippen LogP contribution in [0.15, 0.2) is 0 Å². The zero-order valence-electron chi connectivity index (χ0n) is 65.9. The van der Waals surface area contributed by atoms with Crippen LogP contribution in [0.2, 0.25) is 0 Å². The number of esters is 4. The first-order valence-electron chi connectivity index (χ1n) is 42.8. The third kappa shape index (κ3) is 76.1. The van der Waals surface area contributed by atoms with Gasteiger partial charge in [0.2, 0.25) is 0 Å². The van der Waals surface area contributed by atoms with Crippen LogP contribution < -0.4 is 0 Å². The first kappa shape index (κ1) is 99.1. The van der Waals surface area contributed by atoms with Crippen LogP contribution in [0.25, 0.3) is 0 Å². The Morgan fingerprint density at radius 1 is 0.238 bits per heavy atom. The van der Waals surface area contributed by atoms with Gasteiger partial charge in [0.15, 0.2) is 12.2 Å². The molecule has 0 saturated heterocycles. The van der Waals surface area contributed by atoms with Gasteiger partial charge in [-0.15, -0.1) is 0 Å². The summed E-state index contributed by atoms with van der Waals surface area (Å²) in [6.45, 7) is 5.03. The number of aliphatic hydroxyl groups is 1. The monoisotopic (exact) mass is 1480 g/mol. The van der Waals surface area contributed by atoms with E-state index in [9.17, 15) is 43.2 Å². The molecule has 0 aliphatic rings. The van der Waals surface area contributed by atoms with E-state index in [1.807, 2.05) is 0 Å². The van der Waals surface area contributed by atoms with Gasteiger partial charge in [-0.2, -0.15) is 0 Å². The van der Waals surface area contributed by atoms with E-state index in [0.29, 0.717) is 25.7 Å². The van der Waals surface area contributed by atoms with Crippen LogP contribution in [0.1, 0.15) is 445 Å². The first-order valence-corrected chi connectivity index (χ1v) is 45.8. The second-order valence-electron chi connectivity index (χ2n) is 29.5. The second kappa shape index (κ2) is 76.3. The predicted molar refractivity (Wildman–Crippen MR) is 414 cm³/mol. The fourth-order valence-electron chi connectivity index (χ4n) is 12.8. The Kier molecular flexibility index (Phi) is 74.8. The molecule has 600 valence electrons. The predicted octanol–water partition coefficient (Wildman–Crippen LogP) is 25.0. The van der Waals surface area contributed by atoms with Crippen molar-refractivity contribution in [2.45, 2.75) is 463 Å². The van der Waals surface area contributed by atoms with Gasteiger partial charge >= 0.3 is 39.5 Å². The number of hydrogen-bond donors (Lipinski definition) is 3. The molecule has 3 N–H and O–H groups in total. The first-order chi connectivity index (χ1) is 49.2. The molecule has 0 aliphatic heterocycles. The van der Waals surface area contributed by atoms with Crippen LogP contribution >= 0.6 is 15.6 Å². The van der Waals surface area contributed by atoms with Gasteiger partial charge in [0.05, 0.1) is 26.4 Å². The van der Waals surface area contributed by atoms with Gasteiger partial charge in [0.1, 0.15) is 19.3 Å². The number of aliphatic hydroxyl groups excluding tert-OH is 1. The van der Waals surface area contributed by atoms with E-state index < -0.39 is 97.5 Å². The quantitative estimate of drug-likeness (QED) is 0.0222. The summed E-state index contributed by atoms with van der Waals surface area (Å²) in [5, 5.41) is 10.6. The molecule has 5 atom stereocenters. The van der Waals surface area contributed by atoms with Gasteiger partial charge in [-0.05, 0) is 25.7 Å². The Labute approximate surface area is 619 Å². The summed E-state index contributed by atoms with van der Waals surface area (Å²) in [6.07, 6.45) is 69.3. The van der Waals surface area contributed by atoms with Gasteiger partial charge in [-0.3, -0.25) is 37.3 Å². The number of hydrogen-bond acceptors (Lipinski definition) is 15. The third-order valence-electron chi connectivity index (χ3n) is 19.4. The Bertz CT molecular complexity index is 1910. The van der Waals surface area contributed by atoms with Gasteiger partial charge in [-0.25, -0.2) is 9.13 Å². The molecular weight excluding hydrogens is 1320 g/mol. The molecule has 0 aromatic heterocycles. The minimum Gasteiger partial charge on any atom is -0.462 e. The molecule has 19 heteroatoms. The van der Waals surface area contributed by atoms with Crippen LogP contribution in [-0.4, -0.2) is 96.7 Å². The maximum atomic E-state index is 13.1. The minimum absolute atomic E-state index is 0.109. The summed E-state index contributed by atoms with van der Waals surface area (Å²) in [5.41, 5.74) is 0. The van der Waals surface area contributed by atoms with Crippen LogP contribution in [-0.2, 0) is 65.4 Å². The molecular formula is C82H160O17P2. The van der Waals surface area contributed by atoms with Crippen LogP contribution in [0, 0.1) is 0 Å². The van der Waals surface area contributed by atoms with Crippen LogP contribution in [0.4, 0.5) is 0 Å². The van der Waals surface area contributed by atoms with Crippen molar-refractivity contribution >= 4 is 39.5 Å². The summed E-state index contributed by atoms with van der Waals surface area (Å²) < 4.78 is 68.8. The van der Waals surface area contributed by atoms with Gasteiger partial charge in [-0.1, -0.05) is 394 Å². The van der Waals surface area contributed by atoms with Gasteiger partial charge in [0, 0.05) is 25.7 Å². The highest BCUT2D eigenvalue weighted by molar-refractivity contribution is 7.47. The molecule has 0 bridgehead atoms. The largest absolute Gasteiger partial charge is 0.472 e. The highest BCUT2D eigenvalue weighted by Gasteiger charge is 2.30. The zero-order chi connectivity index (χ0) is 73.9. The highest BCUT2D eigenvalue weighted by atomic mass is 31.2. The summed E-state index contributed by atoms with van der Waals surface area (Å²) in [4.78, 5) is 73.1. The van der Waals surface area contributed by atoms with E-state index in [4.69, 9.17) is 37.0 Å². The number of rotatable bonds is 83. The second-order valence-corrected chi connectivity index (χ2v) is 32.4. The number of phosphoric acid groups is 2. The molecule has 0 saturated carbocycles. The Morgan fingerprint density at radius 2 is 0.396 bits per heavy atom. The Hall–Kier alpha value is -1.94. The van der Waals surface area contributed by atoms with E-state index in [2.05, 4.69) is 27.7 Å². The summed E-state index contributed by atoms with van der Waals surface area (Å²) in [5.74, 6) is -2.10.